The van der Waals surface area contributed by atoms with Crippen LogP contribution in [0.4, 0.5) is 5.69 Å². The Morgan fingerprint density at radius 1 is 0.920 bits per heavy atom. The summed E-state index contributed by atoms with van der Waals surface area (Å²) in [5.41, 5.74) is 0.981. The highest BCUT2D eigenvalue weighted by atomic mass is 16.2. The molecule has 25 heavy (non-hydrogen) atoms. The lowest BCUT2D eigenvalue weighted by molar-refractivity contribution is 0.102. The van der Waals surface area contributed by atoms with Crippen molar-refractivity contribution in [2.75, 3.05) is 5.32 Å². The first-order valence-electron chi connectivity index (χ1n) is 7.53. The summed E-state index contributed by atoms with van der Waals surface area (Å²) < 4.78 is 0. The molecule has 0 fully saturated rings. The molecule has 0 radical (unpaired) electrons. The van der Waals surface area contributed by atoms with Crippen molar-refractivity contribution in [3.05, 3.63) is 81.0 Å². The van der Waals surface area contributed by atoms with Gasteiger partial charge in [0.1, 0.15) is 0 Å². The molecule has 0 bridgehead atoms. The van der Waals surface area contributed by atoms with Crippen molar-refractivity contribution in [2.24, 2.45) is 0 Å². The van der Waals surface area contributed by atoms with E-state index < -0.39 is 11.1 Å². The number of rotatable bonds is 2. The van der Waals surface area contributed by atoms with Gasteiger partial charge < -0.3 is 15.3 Å². The van der Waals surface area contributed by atoms with E-state index in [0.29, 0.717) is 27.8 Å². The molecule has 0 unspecified atom stereocenters. The van der Waals surface area contributed by atoms with E-state index >= 15 is 0 Å². The minimum absolute atomic E-state index is 0.341. The van der Waals surface area contributed by atoms with E-state index in [-0.39, 0.29) is 5.91 Å². The number of nitrogens with zero attached hydrogens (tertiary/aromatic N) is 1. The molecule has 4 rings (SSSR count). The molecule has 2 aromatic heterocycles. The minimum atomic E-state index is -0.761. The van der Waals surface area contributed by atoms with Gasteiger partial charge in [-0.1, -0.05) is 18.2 Å². The van der Waals surface area contributed by atoms with Crippen molar-refractivity contribution in [1.82, 2.24) is 15.0 Å². The Morgan fingerprint density at radius 2 is 1.68 bits per heavy atom. The summed E-state index contributed by atoms with van der Waals surface area (Å²) in [5, 5.41) is 3.74. The monoisotopic (exact) mass is 332 g/mol. The molecule has 0 aliphatic carbocycles. The van der Waals surface area contributed by atoms with Gasteiger partial charge >= 0.3 is 11.1 Å². The van der Waals surface area contributed by atoms with E-state index in [0.717, 1.165) is 5.39 Å². The lowest BCUT2D eigenvalue weighted by Crippen LogP contribution is -2.29. The Hall–Kier alpha value is -3.74. The molecule has 0 spiro atoms. The Kier molecular flexibility index (Phi) is 3.39. The third-order valence-electron chi connectivity index (χ3n) is 3.87. The summed E-state index contributed by atoms with van der Waals surface area (Å²) in [4.78, 5) is 44.5. The molecule has 4 aromatic rings. The summed E-state index contributed by atoms with van der Waals surface area (Å²) in [7, 11) is 0. The second-order valence-electron chi connectivity index (χ2n) is 5.50. The van der Waals surface area contributed by atoms with Crippen molar-refractivity contribution < 1.29 is 4.79 Å². The number of para-hydroxylation sites is 1. The van der Waals surface area contributed by atoms with Gasteiger partial charge in [0, 0.05) is 17.1 Å². The number of aromatic nitrogens is 3. The fourth-order valence-corrected chi connectivity index (χ4v) is 2.66. The summed E-state index contributed by atoms with van der Waals surface area (Å²) in [6.45, 7) is 0. The van der Waals surface area contributed by atoms with Crippen molar-refractivity contribution in [3.63, 3.8) is 0 Å². The zero-order chi connectivity index (χ0) is 17.4. The van der Waals surface area contributed by atoms with Crippen molar-refractivity contribution in [3.8, 4) is 0 Å². The number of carbonyl (C=O) groups excluding carboxylic acids is 1. The molecule has 122 valence electrons. The molecule has 7 heteroatoms. The summed E-state index contributed by atoms with van der Waals surface area (Å²) in [6.07, 6.45) is 1.66. The lowest BCUT2D eigenvalue weighted by Gasteiger charge is -2.08. The fourth-order valence-electron chi connectivity index (χ4n) is 2.66. The van der Waals surface area contributed by atoms with Crippen molar-refractivity contribution in [2.45, 2.75) is 0 Å². The lowest BCUT2D eigenvalue weighted by atomic mass is 10.1. The SMILES string of the molecule is O=C(Nc1cccc2cccnc12)c1ccc2[nH]c(=O)c(=O)[nH]c2c1. The van der Waals surface area contributed by atoms with Gasteiger partial charge in [0.25, 0.3) is 5.91 Å². The predicted molar refractivity (Wildman–Crippen MR) is 94.9 cm³/mol. The van der Waals surface area contributed by atoms with Gasteiger partial charge in [-0.3, -0.25) is 19.4 Å². The molecule has 1 amide bonds. The van der Waals surface area contributed by atoms with Crippen LogP contribution in [0.15, 0.2) is 64.3 Å². The van der Waals surface area contributed by atoms with E-state index in [4.69, 9.17) is 0 Å². The number of H-pyrrole nitrogens is 2. The van der Waals surface area contributed by atoms with E-state index in [9.17, 15) is 14.4 Å². The molecule has 0 saturated carbocycles. The number of anilines is 1. The van der Waals surface area contributed by atoms with E-state index in [1.807, 2.05) is 24.3 Å². The number of benzene rings is 2. The normalized spacial score (nSPS) is 10.9. The maximum atomic E-state index is 12.6. The first-order chi connectivity index (χ1) is 12.1. The van der Waals surface area contributed by atoms with Gasteiger partial charge in [-0.25, -0.2) is 0 Å². The summed E-state index contributed by atoms with van der Waals surface area (Å²) >= 11 is 0. The third-order valence-corrected chi connectivity index (χ3v) is 3.87. The van der Waals surface area contributed by atoms with Gasteiger partial charge in [0.2, 0.25) is 0 Å². The highest BCUT2D eigenvalue weighted by Gasteiger charge is 2.10. The summed E-state index contributed by atoms with van der Waals surface area (Å²) in [5.74, 6) is -0.341. The van der Waals surface area contributed by atoms with Crippen LogP contribution in [0, 0.1) is 0 Å². The number of amides is 1. The van der Waals surface area contributed by atoms with E-state index in [1.54, 1.807) is 24.4 Å². The number of hydrogen-bond acceptors (Lipinski definition) is 4. The predicted octanol–water partition coefficient (Wildman–Crippen LogP) is 2.02. The topological polar surface area (TPSA) is 108 Å². The van der Waals surface area contributed by atoms with Gasteiger partial charge in [-0.15, -0.1) is 0 Å². The molecular weight excluding hydrogens is 320 g/mol. The molecule has 2 heterocycles. The standard InChI is InChI=1S/C18H12N4O3/c23-16(21-13-5-1-3-10-4-2-8-19-15(10)13)11-6-7-12-14(9-11)22-18(25)17(24)20-12/h1-9H,(H,20,24)(H,21,23)(H,22,25). The second-order valence-corrected chi connectivity index (χ2v) is 5.50. The number of pyridine rings is 1. The van der Waals surface area contributed by atoms with Crippen LogP contribution in [-0.4, -0.2) is 20.9 Å². The quantitative estimate of drug-likeness (QED) is 0.488. The molecule has 0 atom stereocenters. The van der Waals surface area contributed by atoms with Crippen LogP contribution in [0.25, 0.3) is 21.9 Å². The molecular formula is C18H12N4O3. The highest BCUT2D eigenvalue weighted by molar-refractivity contribution is 6.09. The van der Waals surface area contributed by atoms with Gasteiger partial charge in [0.05, 0.1) is 22.2 Å². The molecule has 0 aliphatic rings. The average molecular weight is 332 g/mol. The van der Waals surface area contributed by atoms with E-state index in [2.05, 4.69) is 20.3 Å². The van der Waals surface area contributed by atoms with Crippen LogP contribution >= 0.6 is 0 Å². The van der Waals surface area contributed by atoms with Crippen LogP contribution in [0.2, 0.25) is 0 Å². The van der Waals surface area contributed by atoms with Crippen LogP contribution in [0.5, 0.6) is 0 Å². The Labute approximate surface area is 140 Å². The van der Waals surface area contributed by atoms with Crippen LogP contribution in [0.3, 0.4) is 0 Å². The first-order valence-corrected chi connectivity index (χ1v) is 7.53. The number of hydrogen-bond donors (Lipinski definition) is 3. The summed E-state index contributed by atoms with van der Waals surface area (Å²) in [6, 6.07) is 13.9. The maximum Gasteiger partial charge on any atom is 0.314 e. The second kappa shape index (κ2) is 5.72. The Bertz CT molecular complexity index is 1230. The number of fused-ring (bicyclic) bond motifs is 2. The van der Waals surface area contributed by atoms with Crippen LogP contribution < -0.4 is 16.4 Å². The van der Waals surface area contributed by atoms with Gasteiger partial charge in [0.15, 0.2) is 0 Å². The number of nitrogens with one attached hydrogen (secondary N) is 3. The molecule has 0 saturated heterocycles. The van der Waals surface area contributed by atoms with Crippen molar-refractivity contribution in [1.29, 1.82) is 0 Å². The zero-order valence-electron chi connectivity index (χ0n) is 12.9. The van der Waals surface area contributed by atoms with Crippen LogP contribution in [-0.2, 0) is 0 Å². The maximum absolute atomic E-state index is 12.6. The minimum Gasteiger partial charge on any atom is -0.320 e. The van der Waals surface area contributed by atoms with E-state index in [1.165, 1.54) is 6.07 Å². The first kappa shape index (κ1) is 14.8. The zero-order valence-corrected chi connectivity index (χ0v) is 12.9. The van der Waals surface area contributed by atoms with Gasteiger partial charge in [-0.2, -0.15) is 0 Å². The number of carbonyl (C=O) groups is 1. The average Bonchev–Trinajstić information content (AvgIpc) is 2.62. The van der Waals surface area contributed by atoms with Gasteiger partial charge in [-0.05, 0) is 30.3 Å². The Morgan fingerprint density at radius 3 is 2.52 bits per heavy atom. The molecule has 3 N–H and O–H groups in total. The largest absolute Gasteiger partial charge is 0.320 e. The van der Waals surface area contributed by atoms with Crippen molar-refractivity contribution >= 4 is 33.5 Å². The smallest absolute Gasteiger partial charge is 0.314 e. The molecule has 2 aromatic carbocycles. The molecule has 7 nitrogen and oxygen atoms in total. The fraction of sp³-hybridized carbons (Fsp3) is 0. The highest BCUT2D eigenvalue weighted by Crippen LogP contribution is 2.21. The number of aromatic amines is 2. The molecule has 0 aliphatic heterocycles. The third kappa shape index (κ3) is 2.67. The van der Waals surface area contributed by atoms with Crippen LogP contribution in [0.1, 0.15) is 10.4 Å². The Balaban J connectivity index is 1.73.